The van der Waals surface area contributed by atoms with Crippen molar-refractivity contribution in [2.24, 2.45) is 0 Å². The third kappa shape index (κ3) is 4.34. The molecule has 4 N–H and O–H groups in total. The van der Waals surface area contributed by atoms with Crippen LogP contribution in [0.2, 0.25) is 0 Å². The summed E-state index contributed by atoms with van der Waals surface area (Å²) in [5, 5.41) is 37.7. The first-order valence-corrected chi connectivity index (χ1v) is 6.78. The zero-order chi connectivity index (χ0) is 13.5. The molecule has 1 fully saturated rings. The van der Waals surface area contributed by atoms with Gasteiger partial charge in [0.2, 0.25) is 0 Å². The maximum Gasteiger partial charge on any atom is 0.186 e. The van der Waals surface area contributed by atoms with E-state index >= 15 is 0 Å². The molecule has 0 bridgehead atoms. The van der Waals surface area contributed by atoms with Crippen LogP contribution in [0.1, 0.15) is 19.3 Å². The molecule has 108 valence electrons. The molecule has 1 aliphatic heterocycles. The number of unbranched alkanes of at least 4 members (excludes halogenated alkanes) is 2. The van der Waals surface area contributed by atoms with Gasteiger partial charge in [0.1, 0.15) is 24.4 Å². The average molecular weight is 282 g/mol. The quantitative estimate of drug-likeness (QED) is 0.300. The van der Waals surface area contributed by atoms with E-state index in [-0.39, 0.29) is 0 Å². The van der Waals surface area contributed by atoms with Crippen LogP contribution in [0.15, 0.2) is 0 Å². The minimum absolute atomic E-state index is 0.385. The van der Waals surface area contributed by atoms with Crippen molar-refractivity contribution in [3.05, 3.63) is 0 Å². The largest absolute Gasteiger partial charge is 0.394 e. The van der Waals surface area contributed by atoms with Crippen LogP contribution in [0.25, 0.3) is 0 Å². The van der Waals surface area contributed by atoms with Crippen LogP contribution in [0, 0.1) is 0 Å². The van der Waals surface area contributed by atoms with Crippen LogP contribution >= 0.6 is 12.6 Å². The van der Waals surface area contributed by atoms with Gasteiger partial charge in [-0.15, -0.1) is 0 Å². The Morgan fingerprint density at radius 1 is 1.00 bits per heavy atom. The summed E-state index contributed by atoms with van der Waals surface area (Å²) in [6.07, 6.45) is -3.21. The number of ether oxygens (including phenoxy) is 2. The molecule has 1 saturated heterocycles. The monoisotopic (exact) mass is 282 g/mol. The molecule has 18 heavy (non-hydrogen) atoms. The number of rotatable bonds is 7. The lowest BCUT2D eigenvalue weighted by molar-refractivity contribution is -0.301. The van der Waals surface area contributed by atoms with E-state index in [0.717, 1.165) is 25.0 Å². The summed E-state index contributed by atoms with van der Waals surface area (Å²) in [5.74, 6) is 0.819. The fourth-order valence-electron chi connectivity index (χ4n) is 1.80. The van der Waals surface area contributed by atoms with Gasteiger partial charge in [-0.1, -0.05) is 6.42 Å². The van der Waals surface area contributed by atoms with E-state index in [4.69, 9.17) is 14.6 Å². The Hall–Kier alpha value is 0.110. The molecule has 0 amide bonds. The fourth-order valence-corrected chi connectivity index (χ4v) is 2.02. The standard InChI is InChI=1S/C11H22O6S/c12-6-7-8(13)9(14)10(15)11(17-7)16-4-2-1-3-5-18/h7-15,18H,1-6H2. The Bertz CT molecular complexity index is 228. The molecule has 1 heterocycles. The smallest absolute Gasteiger partial charge is 0.186 e. The first kappa shape index (κ1) is 16.2. The van der Waals surface area contributed by atoms with Gasteiger partial charge < -0.3 is 29.9 Å². The van der Waals surface area contributed by atoms with Gasteiger partial charge in [-0.2, -0.15) is 12.6 Å². The number of aliphatic hydroxyl groups is 4. The van der Waals surface area contributed by atoms with Crippen molar-refractivity contribution in [1.29, 1.82) is 0 Å². The molecule has 5 atom stereocenters. The molecule has 7 heteroatoms. The van der Waals surface area contributed by atoms with E-state index in [0.29, 0.717) is 6.61 Å². The Morgan fingerprint density at radius 2 is 1.72 bits per heavy atom. The van der Waals surface area contributed by atoms with Crippen LogP contribution in [0.5, 0.6) is 0 Å². The van der Waals surface area contributed by atoms with Crippen molar-refractivity contribution in [3.8, 4) is 0 Å². The second-order valence-corrected chi connectivity index (χ2v) is 4.80. The molecule has 0 saturated carbocycles. The summed E-state index contributed by atoms with van der Waals surface area (Å²) in [4.78, 5) is 0. The van der Waals surface area contributed by atoms with Crippen LogP contribution in [-0.2, 0) is 9.47 Å². The third-order valence-electron chi connectivity index (χ3n) is 2.93. The van der Waals surface area contributed by atoms with Gasteiger partial charge in [0.15, 0.2) is 6.29 Å². The van der Waals surface area contributed by atoms with E-state index in [1.807, 2.05) is 0 Å². The minimum atomic E-state index is -1.38. The van der Waals surface area contributed by atoms with Gasteiger partial charge >= 0.3 is 0 Å². The topological polar surface area (TPSA) is 99.4 Å². The zero-order valence-corrected chi connectivity index (χ0v) is 11.1. The number of hydrogen-bond acceptors (Lipinski definition) is 7. The van der Waals surface area contributed by atoms with E-state index < -0.39 is 37.3 Å². The Labute approximate surface area is 112 Å². The predicted molar refractivity (Wildman–Crippen MR) is 67.4 cm³/mol. The molecule has 6 nitrogen and oxygen atoms in total. The van der Waals surface area contributed by atoms with E-state index in [2.05, 4.69) is 12.6 Å². The van der Waals surface area contributed by atoms with Gasteiger partial charge in [0.25, 0.3) is 0 Å². The van der Waals surface area contributed by atoms with Crippen molar-refractivity contribution in [2.45, 2.75) is 50.0 Å². The van der Waals surface area contributed by atoms with Crippen molar-refractivity contribution < 1.29 is 29.9 Å². The maximum atomic E-state index is 9.67. The van der Waals surface area contributed by atoms with Gasteiger partial charge in [0, 0.05) is 6.61 Å². The Morgan fingerprint density at radius 3 is 2.33 bits per heavy atom. The minimum Gasteiger partial charge on any atom is -0.394 e. The first-order chi connectivity index (χ1) is 8.61. The second-order valence-electron chi connectivity index (χ2n) is 4.35. The van der Waals surface area contributed by atoms with E-state index in [1.165, 1.54) is 0 Å². The van der Waals surface area contributed by atoms with Crippen LogP contribution < -0.4 is 0 Å². The predicted octanol–water partition coefficient (Wildman–Crippen LogP) is -1.10. The van der Waals surface area contributed by atoms with Crippen molar-refractivity contribution in [2.75, 3.05) is 19.0 Å². The highest BCUT2D eigenvalue weighted by Gasteiger charge is 2.43. The number of hydrogen-bond donors (Lipinski definition) is 5. The molecular weight excluding hydrogens is 260 g/mol. The van der Waals surface area contributed by atoms with Crippen molar-refractivity contribution in [1.82, 2.24) is 0 Å². The van der Waals surface area contributed by atoms with Gasteiger partial charge in [-0.3, -0.25) is 0 Å². The zero-order valence-electron chi connectivity index (χ0n) is 10.2. The van der Waals surface area contributed by atoms with Crippen LogP contribution in [0.3, 0.4) is 0 Å². The summed E-state index contributed by atoms with van der Waals surface area (Å²) in [5.41, 5.74) is 0. The summed E-state index contributed by atoms with van der Waals surface area (Å²) in [6.45, 7) is -0.0546. The van der Waals surface area contributed by atoms with Crippen LogP contribution in [-0.4, -0.2) is 70.1 Å². The molecule has 5 unspecified atom stereocenters. The molecule has 0 aromatic heterocycles. The normalized spacial score (nSPS) is 36.8. The maximum absolute atomic E-state index is 9.67. The summed E-state index contributed by atoms with van der Waals surface area (Å²) in [6, 6.07) is 0. The Balaban J connectivity index is 2.35. The SMILES string of the molecule is OCC1OC(OCCCCCS)C(O)C(O)C1O. The Kier molecular flexibility index (Phi) is 7.47. The van der Waals surface area contributed by atoms with E-state index in [9.17, 15) is 15.3 Å². The van der Waals surface area contributed by atoms with Gasteiger partial charge in [-0.05, 0) is 18.6 Å². The van der Waals surface area contributed by atoms with Gasteiger partial charge in [0.05, 0.1) is 6.61 Å². The third-order valence-corrected chi connectivity index (χ3v) is 3.25. The fraction of sp³-hybridized carbons (Fsp3) is 1.00. The number of thiol groups is 1. The molecule has 0 aromatic rings. The number of aliphatic hydroxyl groups excluding tert-OH is 4. The second kappa shape index (κ2) is 8.31. The molecule has 0 radical (unpaired) electrons. The van der Waals surface area contributed by atoms with E-state index in [1.54, 1.807) is 0 Å². The lowest BCUT2D eigenvalue weighted by Crippen LogP contribution is -2.59. The molecular formula is C11H22O6S. The lowest BCUT2D eigenvalue weighted by Gasteiger charge is -2.39. The van der Waals surface area contributed by atoms with Crippen molar-refractivity contribution >= 4 is 12.6 Å². The highest BCUT2D eigenvalue weighted by Crippen LogP contribution is 2.22. The van der Waals surface area contributed by atoms with Crippen molar-refractivity contribution in [3.63, 3.8) is 0 Å². The molecule has 0 aliphatic carbocycles. The summed E-state index contributed by atoms with van der Waals surface area (Å²) < 4.78 is 10.5. The summed E-state index contributed by atoms with van der Waals surface area (Å²) >= 11 is 4.09. The highest BCUT2D eigenvalue weighted by atomic mass is 32.1. The highest BCUT2D eigenvalue weighted by molar-refractivity contribution is 7.80. The average Bonchev–Trinajstić information content (AvgIpc) is 2.38. The molecule has 1 aliphatic rings. The lowest BCUT2D eigenvalue weighted by atomic mass is 9.99. The first-order valence-electron chi connectivity index (χ1n) is 6.14. The molecule has 0 aromatic carbocycles. The van der Waals surface area contributed by atoms with Gasteiger partial charge in [-0.25, -0.2) is 0 Å². The van der Waals surface area contributed by atoms with Crippen LogP contribution in [0.4, 0.5) is 0 Å². The molecule has 0 spiro atoms. The molecule has 1 rings (SSSR count). The summed E-state index contributed by atoms with van der Waals surface area (Å²) in [7, 11) is 0.